The fraction of sp³-hybridized carbons (Fsp3) is 0.211. The smallest absolute Gasteiger partial charge is 0.226 e. The first-order valence-corrected chi connectivity index (χ1v) is 9.30. The predicted octanol–water partition coefficient (Wildman–Crippen LogP) is 4.69. The van der Waals surface area contributed by atoms with Gasteiger partial charge in [-0.25, -0.2) is 0 Å². The van der Waals surface area contributed by atoms with E-state index in [0.717, 1.165) is 11.3 Å². The van der Waals surface area contributed by atoms with E-state index in [-0.39, 0.29) is 12.3 Å². The first-order chi connectivity index (χ1) is 13.1. The molecule has 0 aliphatic carbocycles. The summed E-state index contributed by atoms with van der Waals surface area (Å²) in [6, 6.07) is 14.7. The minimum atomic E-state index is -0.149. The summed E-state index contributed by atoms with van der Waals surface area (Å²) in [4.78, 5) is 12.3. The van der Waals surface area contributed by atoms with Crippen molar-refractivity contribution >= 4 is 35.4 Å². The Bertz CT molecular complexity index is 982. The van der Waals surface area contributed by atoms with Crippen molar-refractivity contribution in [2.45, 2.75) is 19.9 Å². The quantitative estimate of drug-likeness (QED) is 0.562. The van der Waals surface area contributed by atoms with E-state index in [1.165, 1.54) is 0 Å². The highest BCUT2D eigenvalue weighted by Crippen LogP contribution is 2.22. The van der Waals surface area contributed by atoms with Crippen molar-refractivity contribution in [1.29, 1.82) is 0 Å². The van der Waals surface area contributed by atoms with Gasteiger partial charge in [0.05, 0.1) is 17.3 Å². The average Bonchev–Trinajstić information content (AvgIpc) is 3.03. The van der Waals surface area contributed by atoms with Gasteiger partial charge in [-0.05, 0) is 55.5 Å². The minimum absolute atomic E-state index is 0.149. The number of anilines is 1. The van der Waals surface area contributed by atoms with E-state index in [2.05, 4.69) is 15.5 Å². The number of halogens is 1. The van der Waals surface area contributed by atoms with Gasteiger partial charge in [-0.1, -0.05) is 23.7 Å². The van der Waals surface area contributed by atoms with E-state index in [1.807, 2.05) is 43.3 Å². The Morgan fingerprint density at radius 3 is 2.70 bits per heavy atom. The molecule has 3 rings (SSSR count). The number of carbonyl (C=O) groups is 1. The van der Waals surface area contributed by atoms with Gasteiger partial charge < -0.3 is 10.1 Å². The fourth-order valence-electron chi connectivity index (χ4n) is 2.60. The van der Waals surface area contributed by atoms with E-state index in [0.29, 0.717) is 34.5 Å². The third-order valence-electron chi connectivity index (χ3n) is 3.89. The van der Waals surface area contributed by atoms with E-state index in [4.69, 9.17) is 28.6 Å². The summed E-state index contributed by atoms with van der Waals surface area (Å²) in [7, 11) is 0. The van der Waals surface area contributed by atoms with Gasteiger partial charge in [-0.15, -0.1) is 0 Å². The van der Waals surface area contributed by atoms with Gasteiger partial charge in [0.1, 0.15) is 5.75 Å². The molecule has 0 aliphatic heterocycles. The highest BCUT2D eigenvalue weighted by molar-refractivity contribution is 7.71. The molecule has 2 N–H and O–H groups in total. The van der Waals surface area contributed by atoms with Crippen LogP contribution in [0.25, 0.3) is 11.4 Å². The number of hydrogen-bond acceptors (Lipinski definition) is 4. The van der Waals surface area contributed by atoms with Crippen LogP contribution in [0.4, 0.5) is 5.69 Å². The Kier molecular flexibility index (Phi) is 6.26. The molecule has 1 amide bonds. The number of amides is 1. The van der Waals surface area contributed by atoms with Crippen LogP contribution in [-0.4, -0.2) is 27.3 Å². The molecule has 2 aromatic carbocycles. The lowest BCUT2D eigenvalue weighted by Gasteiger charge is -2.09. The number of nitrogens with zero attached hydrogens (tertiary/aromatic N) is 2. The molecule has 0 saturated carbocycles. The van der Waals surface area contributed by atoms with Gasteiger partial charge >= 0.3 is 0 Å². The number of aromatic amines is 1. The highest BCUT2D eigenvalue weighted by atomic mass is 35.5. The summed E-state index contributed by atoms with van der Waals surface area (Å²) in [5, 5.41) is 10.4. The second kappa shape index (κ2) is 8.83. The standard InChI is InChI=1S/C19H19ClN4O2S/c1-2-26-14-9-7-13(8-10-14)18-22-23-19(27)24(18)12-11-17(25)21-16-6-4-3-5-15(16)20/h3-10H,2,11-12H2,1H3,(H,21,25)(H,23,27). The minimum Gasteiger partial charge on any atom is -0.494 e. The molecule has 8 heteroatoms. The fourth-order valence-corrected chi connectivity index (χ4v) is 3.01. The van der Waals surface area contributed by atoms with Crippen molar-refractivity contribution in [3.63, 3.8) is 0 Å². The summed E-state index contributed by atoms with van der Waals surface area (Å²) < 4.78 is 7.72. The first-order valence-electron chi connectivity index (χ1n) is 8.51. The molecule has 0 aliphatic rings. The van der Waals surface area contributed by atoms with Crippen molar-refractivity contribution in [2.24, 2.45) is 0 Å². The van der Waals surface area contributed by atoms with Crippen LogP contribution in [0.15, 0.2) is 48.5 Å². The number of hydrogen-bond donors (Lipinski definition) is 2. The van der Waals surface area contributed by atoms with E-state index in [9.17, 15) is 4.79 Å². The van der Waals surface area contributed by atoms with Gasteiger partial charge in [-0.3, -0.25) is 14.5 Å². The lowest BCUT2D eigenvalue weighted by atomic mass is 10.2. The van der Waals surface area contributed by atoms with Gasteiger partial charge in [0.2, 0.25) is 5.91 Å². The largest absolute Gasteiger partial charge is 0.494 e. The summed E-state index contributed by atoms with van der Waals surface area (Å²) in [6.07, 6.45) is 0.239. The number of H-pyrrole nitrogens is 1. The molecule has 0 saturated heterocycles. The topological polar surface area (TPSA) is 71.9 Å². The number of para-hydroxylation sites is 1. The Hall–Kier alpha value is -2.64. The van der Waals surface area contributed by atoms with Gasteiger partial charge in [0.15, 0.2) is 10.6 Å². The molecule has 0 radical (unpaired) electrons. The average molecular weight is 403 g/mol. The van der Waals surface area contributed by atoms with Crippen LogP contribution < -0.4 is 10.1 Å². The maximum absolute atomic E-state index is 12.3. The number of rotatable bonds is 7. The Balaban J connectivity index is 1.70. The van der Waals surface area contributed by atoms with Crippen LogP contribution in [0.1, 0.15) is 13.3 Å². The number of aromatic nitrogens is 3. The number of nitrogens with one attached hydrogen (secondary N) is 2. The molecule has 0 atom stereocenters. The maximum Gasteiger partial charge on any atom is 0.226 e. The summed E-state index contributed by atoms with van der Waals surface area (Å²) in [5.41, 5.74) is 1.48. The third kappa shape index (κ3) is 4.75. The van der Waals surface area contributed by atoms with E-state index < -0.39 is 0 Å². The van der Waals surface area contributed by atoms with Gasteiger partial charge in [0, 0.05) is 18.5 Å². The molecular weight excluding hydrogens is 384 g/mol. The molecule has 0 unspecified atom stereocenters. The third-order valence-corrected chi connectivity index (χ3v) is 4.53. The Morgan fingerprint density at radius 2 is 2.00 bits per heavy atom. The van der Waals surface area contributed by atoms with Gasteiger partial charge in [0.25, 0.3) is 0 Å². The zero-order valence-electron chi connectivity index (χ0n) is 14.7. The number of ether oxygens (including phenoxy) is 1. The zero-order chi connectivity index (χ0) is 19.2. The van der Waals surface area contributed by atoms with Crippen molar-refractivity contribution in [3.05, 3.63) is 58.3 Å². The molecule has 27 heavy (non-hydrogen) atoms. The van der Waals surface area contributed by atoms with Crippen LogP contribution >= 0.6 is 23.8 Å². The SMILES string of the molecule is CCOc1ccc(-c2n[nH]c(=S)n2CCC(=O)Nc2ccccc2Cl)cc1. The van der Waals surface area contributed by atoms with Crippen molar-refractivity contribution in [3.8, 4) is 17.1 Å². The highest BCUT2D eigenvalue weighted by Gasteiger charge is 2.12. The van der Waals surface area contributed by atoms with E-state index >= 15 is 0 Å². The van der Waals surface area contributed by atoms with Crippen LogP contribution in [0.2, 0.25) is 5.02 Å². The maximum atomic E-state index is 12.3. The first kappa shape index (κ1) is 19.1. The van der Waals surface area contributed by atoms with Crippen molar-refractivity contribution < 1.29 is 9.53 Å². The Labute approximate surface area is 167 Å². The summed E-state index contributed by atoms with van der Waals surface area (Å²) in [5.74, 6) is 1.32. The van der Waals surface area contributed by atoms with Crippen LogP contribution in [0.3, 0.4) is 0 Å². The lowest BCUT2D eigenvalue weighted by molar-refractivity contribution is -0.116. The Morgan fingerprint density at radius 1 is 1.26 bits per heavy atom. The monoisotopic (exact) mass is 402 g/mol. The van der Waals surface area contributed by atoms with Gasteiger partial charge in [-0.2, -0.15) is 5.10 Å². The molecule has 0 spiro atoms. The number of carbonyl (C=O) groups excluding carboxylic acids is 1. The lowest BCUT2D eigenvalue weighted by Crippen LogP contribution is -2.15. The molecular formula is C19H19ClN4O2S. The molecule has 0 fully saturated rings. The zero-order valence-corrected chi connectivity index (χ0v) is 16.3. The molecule has 3 aromatic rings. The van der Waals surface area contributed by atoms with Crippen LogP contribution in [-0.2, 0) is 11.3 Å². The van der Waals surface area contributed by atoms with Crippen molar-refractivity contribution in [2.75, 3.05) is 11.9 Å². The molecule has 6 nitrogen and oxygen atoms in total. The molecule has 0 bridgehead atoms. The second-order valence-corrected chi connectivity index (χ2v) is 6.53. The van der Waals surface area contributed by atoms with E-state index in [1.54, 1.807) is 16.7 Å². The van der Waals surface area contributed by atoms with Crippen molar-refractivity contribution in [1.82, 2.24) is 14.8 Å². The summed E-state index contributed by atoms with van der Waals surface area (Å²) >= 11 is 11.4. The van der Waals surface area contributed by atoms with Crippen LogP contribution in [0, 0.1) is 4.77 Å². The molecule has 140 valence electrons. The molecule has 1 heterocycles. The predicted molar refractivity (Wildman–Crippen MR) is 109 cm³/mol. The normalized spacial score (nSPS) is 10.6. The molecule has 1 aromatic heterocycles. The number of benzene rings is 2. The second-order valence-electron chi connectivity index (χ2n) is 5.74. The summed E-state index contributed by atoms with van der Waals surface area (Å²) in [6.45, 7) is 2.94. The van der Waals surface area contributed by atoms with Crippen LogP contribution in [0.5, 0.6) is 5.75 Å².